The predicted molar refractivity (Wildman–Crippen MR) is 62.7 cm³/mol. The van der Waals surface area contributed by atoms with E-state index in [0.717, 1.165) is 25.8 Å². The summed E-state index contributed by atoms with van der Waals surface area (Å²) in [5.74, 6) is -1.09. The summed E-state index contributed by atoms with van der Waals surface area (Å²) in [6, 6.07) is 0.239. The number of nitrogens with two attached hydrogens (primary N) is 1. The molecule has 0 aliphatic carbocycles. The molecule has 0 spiro atoms. The number of piperidine rings is 1. The van der Waals surface area contributed by atoms with Gasteiger partial charge in [0.2, 0.25) is 0 Å². The first-order valence-electron chi connectivity index (χ1n) is 6.48. The summed E-state index contributed by atoms with van der Waals surface area (Å²) in [4.78, 5) is 2.13. The molecule has 0 aromatic heterocycles. The third kappa shape index (κ3) is 5.25. The topological polar surface area (TPSA) is 29.3 Å². The first kappa shape index (κ1) is 14.8. The minimum Gasteiger partial charge on any atom is -0.328 e. The highest BCUT2D eigenvalue weighted by Crippen LogP contribution is 2.34. The molecule has 5 heteroatoms. The molecule has 0 bridgehead atoms. The molecule has 1 aliphatic rings. The molecule has 1 heterocycles. The van der Waals surface area contributed by atoms with Gasteiger partial charge in [0, 0.05) is 6.04 Å². The van der Waals surface area contributed by atoms with E-state index < -0.39 is 12.1 Å². The number of hydrogen-bond acceptors (Lipinski definition) is 2. The van der Waals surface area contributed by atoms with E-state index in [1.807, 2.05) is 0 Å². The summed E-state index contributed by atoms with van der Waals surface area (Å²) in [5.41, 5.74) is 5.80. The average molecular weight is 252 g/mol. The lowest BCUT2D eigenvalue weighted by molar-refractivity contribution is -0.185. The van der Waals surface area contributed by atoms with Crippen LogP contribution in [0.1, 0.15) is 39.0 Å². The number of alkyl halides is 3. The largest absolute Gasteiger partial charge is 0.391 e. The molecule has 17 heavy (non-hydrogen) atoms. The van der Waals surface area contributed by atoms with Gasteiger partial charge in [-0.25, -0.2) is 0 Å². The third-order valence-corrected chi connectivity index (χ3v) is 3.62. The molecule has 0 saturated carbocycles. The Labute approximate surface area is 101 Å². The fourth-order valence-electron chi connectivity index (χ4n) is 2.27. The maximum absolute atomic E-state index is 12.4. The van der Waals surface area contributed by atoms with Crippen molar-refractivity contribution in [2.24, 2.45) is 11.7 Å². The normalized spacial score (nSPS) is 21.7. The van der Waals surface area contributed by atoms with Gasteiger partial charge >= 0.3 is 6.18 Å². The first-order valence-corrected chi connectivity index (χ1v) is 6.48. The predicted octanol–water partition coefficient (Wildman–Crippen LogP) is 2.78. The Morgan fingerprint density at radius 2 is 1.88 bits per heavy atom. The molecule has 1 rings (SSSR count). The van der Waals surface area contributed by atoms with Crippen molar-refractivity contribution in [3.05, 3.63) is 0 Å². The number of nitrogens with zero attached hydrogens (tertiary/aromatic N) is 1. The second kappa shape index (κ2) is 6.59. The van der Waals surface area contributed by atoms with E-state index >= 15 is 0 Å². The van der Waals surface area contributed by atoms with Gasteiger partial charge < -0.3 is 10.6 Å². The fourth-order valence-corrected chi connectivity index (χ4v) is 2.27. The Morgan fingerprint density at radius 1 is 1.29 bits per heavy atom. The number of hydrogen-bond donors (Lipinski definition) is 1. The molecular formula is C12H23F3N2. The molecule has 1 saturated heterocycles. The zero-order valence-electron chi connectivity index (χ0n) is 10.5. The number of likely N-dealkylation sites (tertiary alicyclic amines) is 1. The Kier molecular flexibility index (Phi) is 5.73. The lowest BCUT2D eigenvalue weighted by atomic mass is 9.96. The van der Waals surface area contributed by atoms with Crippen LogP contribution in [-0.2, 0) is 0 Å². The molecule has 0 aromatic carbocycles. The summed E-state index contributed by atoms with van der Waals surface area (Å²) in [7, 11) is 0. The van der Waals surface area contributed by atoms with E-state index in [1.54, 1.807) is 0 Å². The molecule has 1 atom stereocenters. The number of rotatable bonds is 5. The highest BCUT2D eigenvalue weighted by molar-refractivity contribution is 4.77. The lowest BCUT2D eigenvalue weighted by Crippen LogP contribution is -2.39. The summed E-state index contributed by atoms with van der Waals surface area (Å²) in [6.45, 7) is 4.09. The minimum atomic E-state index is -4.00. The molecule has 1 fully saturated rings. The van der Waals surface area contributed by atoms with Crippen LogP contribution in [0.4, 0.5) is 13.2 Å². The highest BCUT2D eigenvalue weighted by Gasteiger charge is 2.40. The Bertz CT molecular complexity index is 210. The second-order valence-electron chi connectivity index (χ2n) is 4.97. The molecule has 0 aromatic rings. The zero-order chi connectivity index (χ0) is 12.9. The highest BCUT2D eigenvalue weighted by atomic mass is 19.4. The molecule has 1 unspecified atom stereocenters. The first-order chi connectivity index (χ1) is 7.93. The van der Waals surface area contributed by atoms with E-state index in [9.17, 15) is 13.2 Å². The van der Waals surface area contributed by atoms with Crippen LogP contribution in [0.2, 0.25) is 0 Å². The van der Waals surface area contributed by atoms with Crippen molar-refractivity contribution in [3.8, 4) is 0 Å². The minimum absolute atomic E-state index is 0.239. The van der Waals surface area contributed by atoms with Crippen LogP contribution in [0.3, 0.4) is 0 Å². The molecule has 2 N–H and O–H groups in total. The Morgan fingerprint density at radius 3 is 2.35 bits per heavy atom. The van der Waals surface area contributed by atoms with E-state index in [-0.39, 0.29) is 18.9 Å². The van der Waals surface area contributed by atoms with E-state index in [2.05, 4.69) is 11.8 Å². The van der Waals surface area contributed by atoms with Crippen molar-refractivity contribution in [2.75, 3.05) is 19.6 Å². The van der Waals surface area contributed by atoms with Gasteiger partial charge in [-0.05, 0) is 51.7 Å². The van der Waals surface area contributed by atoms with Gasteiger partial charge in [0.05, 0.1) is 5.92 Å². The van der Waals surface area contributed by atoms with Gasteiger partial charge in [0.15, 0.2) is 0 Å². The summed E-state index contributed by atoms with van der Waals surface area (Å²) < 4.78 is 37.3. The summed E-state index contributed by atoms with van der Waals surface area (Å²) >= 11 is 0. The molecule has 2 nitrogen and oxygen atoms in total. The van der Waals surface area contributed by atoms with Crippen molar-refractivity contribution in [2.45, 2.75) is 51.2 Å². The van der Waals surface area contributed by atoms with Crippen molar-refractivity contribution in [3.63, 3.8) is 0 Å². The third-order valence-electron chi connectivity index (χ3n) is 3.62. The smallest absolute Gasteiger partial charge is 0.328 e. The maximum Gasteiger partial charge on any atom is 0.391 e. The van der Waals surface area contributed by atoms with Crippen LogP contribution in [0.15, 0.2) is 0 Å². The number of halogens is 3. The molecule has 1 aliphatic heterocycles. The van der Waals surface area contributed by atoms with Gasteiger partial charge in [0.1, 0.15) is 0 Å². The van der Waals surface area contributed by atoms with Crippen LogP contribution in [-0.4, -0.2) is 36.8 Å². The molecule has 0 amide bonds. The van der Waals surface area contributed by atoms with Gasteiger partial charge in [-0.2, -0.15) is 13.2 Å². The van der Waals surface area contributed by atoms with E-state index in [0.29, 0.717) is 13.1 Å². The van der Waals surface area contributed by atoms with Crippen molar-refractivity contribution in [1.29, 1.82) is 0 Å². The monoisotopic (exact) mass is 252 g/mol. The maximum atomic E-state index is 12.4. The Hall–Kier alpha value is -0.290. The molecule has 0 radical (unpaired) electrons. The van der Waals surface area contributed by atoms with Crippen LogP contribution >= 0.6 is 0 Å². The summed E-state index contributed by atoms with van der Waals surface area (Å²) in [5, 5.41) is 0. The summed E-state index contributed by atoms with van der Waals surface area (Å²) in [6.07, 6.45) is -0.569. The zero-order valence-corrected chi connectivity index (χ0v) is 10.5. The molecule has 102 valence electrons. The van der Waals surface area contributed by atoms with E-state index in [4.69, 9.17) is 5.73 Å². The van der Waals surface area contributed by atoms with Crippen LogP contribution in [0, 0.1) is 5.92 Å². The van der Waals surface area contributed by atoms with Crippen molar-refractivity contribution in [1.82, 2.24) is 4.90 Å². The van der Waals surface area contributed by atoms with Crippen LogP contribution < -0.4 is 5.73 Å². The SMILES string of the molecule is CCC(N)CCCN1CCC(C(F)(F)F)CC1. The van der Waals surface area contributed by atoms with Crippen LogP contribution in [0.5, 0.6) is 0 Å². The Balaban J connectivity index is 2.15. The quantitative estimate of drug-likeness (QED) is 0.815. The van der Waals surface area contributed by atoms with Gasteiger partial charge in [-0.15, -0.1) is 0 Å². The van der Waals surface area contributed by atoms with Gasteiger partial charge in [-0.3, -0.25) is 0 Å². The molecular weight excluding hydrogens is 229 g/mol. The average Bonchev–Trinajstić information content (AvgIpc) is 2.28. The van der Waals surface area contributed by atoms with Crippen LogP contribution in [0.25, 0.3) is 0 Å². The van der Waals surface area contributed by atoms with Crippen molar-refractivity contribution < 1.29 is 13.2 Å². The van der Waals surface area contributed by atoms with Gasteiger partial charge in [-0.1, -0.05) is 6.92 Å². The second-order valence-corrected chi connectivity index (χ2v) is 4.97. The van der Waals surface area contributed by atoms with Gasteiger partial charge in [0.25, 0.3) is 0 Å². The lowest BCUT2D eigenvalue weighted by Gasteiger charge is -2.33. The standard InChI is InChI=1S/C12H23F3N2/c1-2-11(16)4-3-7-17-8-5-10(6-9-17)12(13,14)15/h10-11H,2-9,16H2,1H3. The fraction of sp³-hybridized carbons (Fsp3) is 1.00. The van der Waals surface area contributed by atoms with Crippen molar-refractivity contribution >= 4 is 0 Å². The van der Waals surface area contributed by atoms with E-state index in [1.165, 1.54) is 0 Å².